The van der Waals surface area contributed by atoms with Crippen LogP contribution in [0.15, 0.2) is 11.4 Å². The third kappa shape index (κ3) is 3.14. The summed E-state index contributed by atoms with van der Waals surface area (Å²) in [7, 11) is 0. The number of hydrazine groups is 1. The monoisotopic (exact) mass is 294 g/mol. The Morgan fingerprint density at radius 3 is 2.95 bits per heavy atom. The van der Waals surface area contributed by atoms with Crippen molar-refractivity contribution in [3.8, 4) is 0 Å². The van der Waals surface area contributed by atoms with E-state index >= 15 is 0 Å². The number of hydrogen-bond donors (Lipinski definition) is 3. The fraction of sp³-hybridized carbons (Fsp3) is 0.417. The van der Waals surface area contributed by atoms with E-state index in [1.54, 1.807) is 0 Å². The molecule has 8 heteroatoms. The maximum atomic E-state index is 11.3. The molecule has 0 spiro atoms. The van der Waals surface area contributed by atoms with E-state index in [2.05, 4.69) is 22.3 Å². The predicted molar refractivity (Wildman–Crippen MR) is 81.5 cm³/mol. The molecule has 2 aromatic rings. The van der Waals surface area contributed by atoms with Gasteiger partial charge in [0.25, 0.3) is 0 Å². The first-order valence-corrected chi connectivity index (χ1v) is 7.28. The molecule has 0 aliphatic carbocycles. The average molecular weight is 294 g/mol. The summed E-state index contributed by atoms with van der Waals surface area (Å²) in [6.07, 6.45) is 1.98. The molecule has 2 rings (SSSR count). The molecule has 0 fully saturated rings. The number of anilines is 2. The molecule has 2 aromatic heterocycles. The van der Waals surface area contributed by atoms with E-state index in [-0.39, 0.29) is 12.5 Å². The maximum absolute atomic E-state index is 11.3. The number of nitrogens with zero attached hydrogens (tertiary/aromatic N) is 3. The number of thiophene rings is 1. The number of unbranched alkanes of at least 4 members (excludes halogenated alkanes) is 1. The van der Waals surface area contributed by atoms with E-state index in [0.717, 1.165) is 23.1 Å². The van der Waals surface area contributed by atoms with Gasteiger partial charge in [-0.1, -0.05) is 13.3 Å². The number of aromatic nitrogens is 2. The Morgan fingerprint density at radius 1 is 1.50 bits per heavy atom. The third-order valence-corrected chi connectivity index (χ3v) is 3.67. The van der Waals surface area contributed by atoms with Crippen LogP contribution in [-0.4, -0.2) is 29.0 Å². The highest BCUT2D eigenvalue weighted by Gasteiger charge is 2.16. The van der Waals surface area contributed by atoms with Crippen molar-refractivity contribution in [2.24, 2.45) is 11.6 Å². The summed E-state index contributed by atoms with van der Waals surface area (Å²) < 4.78 is 0. The van der Waals surface area contributed by atoms with Gasteiger partial charge in [0.2, 0.25) is 11.9 Å². The highest BCUT2D eigenvalue weighted by molar-refractivity contribution is 7.16. The predicted octanol–water partition coefficient (Wildman–Crippen LogP) is 1.07. The number of nitrogens with one attached hydrogen (secondary N) is 1. The Kier molecular flexibility index (Phi) is 4.70. The summed E-state index contributed by atoms with van der Waals surface area (Å²) in [6.45, 7) is 2.94. The second kappa shape index (κ2) is 6.49. The highest BCUT2D eigenvalue weighted by atomic mass is 32.1. The van der Waals surface area contributed by atoms with Gasteiger partial charge in [-0.2, -0.15) is 4.98 Å². The molecule has 108 valence electrons. The number of primary amides is 1. The molecule has 0 radical (unpaired) electrons. The number of nitrogen functional groups attached to an aromatic ring is 1. The fourth-order valence-corrected chi connectivity index (χ4v) is 2.70. The van der Waals surface area contributed by atoms with Gasteiger partial charge in [-0.3, -0.25) is 10.2 Å². The first-order chi connectivity index (χ1) is 9.65. The van der Waals surface area contributed by atoms with E-state index < -0.39 is 0 Å². The van der Waals surface area contributed by atoms with Crippen LogP contribution in [0.2, 0.25) is 0 Å². The molecule has 0 unspecified atom stereocenters. The number of carbonyl (C=O) groups is 1. The molecular formula is C12H18N6OS. The maximum Gasteiger partial charge on any atom is 0.240 e. The van der Waals surface area contributed by atoms with Crippen molar-refractivity contribution in [3.05, 3.63) is 11.4 Å². The van der Waals surface area contributed by atoms with E-state index in [1.807, 2.05) is 16.3 Å². The zero-order valence-corrected chi connectivity index (χ0v) is 12.1. The molecule has 0 aromatic carbocycles. The molecular weight excluding hydrogens is 276 g/mol. The highest BCUT2D eigenvalue weighted by Crippen LogP contribution is 2.29. The largest absolute Gasteiger partial charge is 0.368 e. The van der Waals surface area contributed by atoms with Crippen LogP contribution in [0, 0.1) is 0 Å². The van der Waals surface area contributed by atoms with Crippen LogP contribution in [0.5, 0.6) is 0 Å². The lowest BCUT2D eigenvalue weighted by Gasteiger charge is -2.23. The van der Waals surface area contributed by atoms with Crippen LogP contribution < -0.4 is 21.9 Å². The third-order valence-electron chi connectivity index (χ3n) is 2.86. The number of carbonyl (C=O) groups excluding carboxylic acids is 1. The lowest BCUT2D eigenvalue weighted by Crippen LogP contribution is -2.35. The van der Waals surface area contributed by atoms with Crippen molar-refractivity contribution < 1.29 is 4.79 Å². The van der Waals surface area contributed by atoms with Gasteiger partial charge in [0.15, 0.2) is 0 Å². The lowest BCUT2D eigenvalue weighted by atomic mass is 10.2. The van der Waals surface area contributed by atoms with Crippen molar-refractivity contribution in [3.63, 3.8) is 0 Å². The Balaban J connectivity index is 2.44. The minimum atomic E-state index is -0.384. The van der Waals surface area contributed by atoms with Crippen LogP contribution in [0.4, 0.5) is 11.8 Å². The number of fused-ring (bicyclic) bond motifs is 1. The van der Waals surface area contributed by atoms with Gasteiger partial charge in [-0.15, -0.1) is 11.3 Å². The molecule has 0 atom stereocenters. The van der Waals surface area contributed by atoms with Gasteiger partial charge in [-0.25, -0.2) is 10.8 Å². The van der Waals surface area contributed by atoms with Gasteiger partial charge in [0, 0.05) is 6.54 Å². The van der Waals surface area contributed by atoms with E-state index in [4.69, 9.17) is 11.6 Å². The molecule has 20 heavy (non-hydrogen) atoms. The van der Waals surface area contributed by atoms with Gasteiger partial charge >= 0.3 is 0 Å². The quantitative estimate of drug-likeness (QED) is 0.520. The van der Waals surface area contributed by atoms with Crippen LogP contribution in [0.1, 0.15) is 19.8 Å². The summed E-state index contributed by atoms with van der Waals surface area (Å²) in [5, 5.41) is 2.84. The molecule has 0 bridgehead atoms. The first kappa shape index (κ1) is 14.5. The number of rotatable bonds is 7. The molecule has 0 saturated carbocycles. The van der Waals surface area contributed by atoms with Gasteiger partial charge in [0.1, 0.15) is 10.6 Å². The Labute approximate surface area is 121 Å². The van der Waals surface area contributed by atoms with Crippen molar-refractivity contribution in [2.75, 3.05) is 23.4 Å². The van der Waals surface area contributed by atoms with E-state index in [0.29, 0.717) is 18.3 Å². The van der Waals surface area contributed by atoms with Crippen molar-refractivity contribution >= 4 is 39.2 Å². The van der Waals surface area contributed by atoms with Crippen LogP contribution in [-0.2, 0) is 4.79 Å². The van der Waals surface area contributed by atoms with Crippen molar-refractivity contribution in [1.29, 1.82) is 0 Å². The second-order valence-corrected chi connectivity index (χ2v) is 5.29. The van der Waals surface area contributed by atoms with Crippen LogP contribution in [0.3, 0.4) is 0 Å². The fourth-order valence-electron chi connectivity index (χ4n) is 1.94. The van der Waals surface area contributed by atoms with Crippen molar-refractivity contribution in [2.45, 2.75) is 19.8 Å². The zero-order chi connectivity index (χ0) is 14.5. The summed E-state index contributed by atoms with van der Waals surface area (Å²) in [5.41, 5.74) is 7.79. The molecule has 0 aliphatic rings. The topological polar surface area (TPSA) is 110 Å². The normalized spacial score (nSPS) is 10.7. The van der Waals surface area contributed by atoms with Gasteiger partial charge < -0.3 is 10.6 Å². The van der Waals surface area contributed by atoms with E-state index in [1.165, 1.54) is 11.3 Å². The van der Waals surface area contributed by atoms with Gasteiger partial charge in [-0.05, 0) is 17.9 Å². The SMILES string of the molecule is CCCCN(CC(N)=O)c1nc(NN)nc2sccc12. The minimum Gasteiger partial charge on any atom is -0.368 e. The van der Waals surface area contributed by atoms with Crippen LogP contribution >= 0.6 is 11.3 Å². The molecule has 5 N–H and O–H groups in total. The standard InChI is InChI=1S/C12H18N6OS/c1-2-3-5-18(7-9(13)19)10-8-4-6-20-11(8)16-12(15-10)17-14/h4,6H,2-3,5,7,14H2,1H3,(H2,13,19)(H,15,16,17). The van der Waals surface area contributed by atoms with Crippen molar-refractivity contribution in [1.82, 2.24) is 9.97 Å². The number of amides is 1. The minimum absolute atomic E-state index is 0.131. The molecule has 0 aliphatic heterocycles. The van der Waals surface area contributed by atoms with E-state index in [9.17, 15) is 4.79 Å². The Bertz CT molecular complexity index is 599. The summed E-state index contributed by atoms with van der Waals surface area (Å²) in [6, 6.07) is 1.94. The average Bonchev–Trinajstić information content (AvgIpc) is 2.90. The van der Waals surface area contributed by atoms with Crippen LogP contribution in [0.25, 0.3) is 10.2 Å². The molecule has 2 heterocycles. The molecule has 0 saturated heterocycles. The lowest BCUT2D eigenvalue weighted by molar-refractivity contribution is -0.116. The van der Waals surface area contributed by atoms with Gasteiger partial charge in [0.05, 0.1) is 11.9 Å². The smallest absolute Gasteiger partial charge is 0.240 e. The second-order valence-electron chi connectivity index (χ2n) is 4.40. The number of hydrogen-bond acceptors (Lipinski definition) is 7. The zero-order valence-electron chi connectivity index (χ0n) is 11.3. The Morgan fingerprint density at radius 2 is 2.30 bits per heavy atom. The number of nitrogens with two attached hydrogens (primary N) is 2. The molecule has 1 amide bonds. The Hall–Kier alpha value is -1.93. The summed E-state index contributed by atoms with van der Waals surface area (Å²) in [5.74, 6) is 6.04. The summed E-state index contributed by atoms with van der Waals surface area (Å²) in [4.78, 5) is 22.6. The summed E-state index contributed by atoms with van der Waals surface area (Å²) >= 11 is 1.50. The molecule has 7 nitrogen and oxygen atoms in total. The first-order valence-electron chi connectivity index (χ1n) is 6.40.